The summed E-state index contributed by atoms with van der Waals surface area (Å²) in [6.45, 7) is 2.46. The number of aliphatic imine (C=N–C) groups is 1. The first-order valence-electron chi connectivity index (χ1n) is 7.24. The molecule has 0 aromatic carbocycles. The van der Waals surface area contributed by atoms with E-state index in [2.05, 4.69) is 20.9 Å². The van der Waals surface area contributed by atoms with Gasteiger partial charge in [-0.25, -0.2) is 13.6 Å². The summed E-state index contributed by atoms with van der Waals surface area (Å²) in [6.07, 6.45) is -1.11. The first-order valence-corrected chi connectivity index (χ1v) is 7.24. The maximum atomic E-state index is 12.3. The Hall–Kier alpha value is -1.20. The van der Waals surface area contributed by atoms with Gasteiger partial charge in [0.05, 0.1) is 6.54 Å². The van der Waals surface area contributed by atoms with Crippen LogP contribution in [-0.4, -0.2) is 61.4 Å². The van der Waals surface area contributed by atoms with E-state index < -0.39 is 24.5 Å². The second-order valence-corrected chi connectivity index (χ2v) is 5.69. The van der Waals surface area contributed by atoms with Gasteiger partial charge in [0.2, 0.25) is 0 Å². The molecule has 2 aliphatic heterocycles. The number of carbonyl (C=O) groups is 2. The fourth-order valence-electron chi connectivity index (χ4n) is 3.01. The quantitative estimate of drug-likeness (QED) is 0.259. The van der Waals surface area contributed by atoms with Crippen molar-refractivity contribution in [3.8, 4) is 0 Å². The van der Waals surface area contributed by atoms with Gasteiger partial charge in [-0.3, -0.25) is 15.1 Å². The number of likely N-dealkylation sites (tertiary alicyclic amines) is 1. The summed E-state index contributed by atoms with van der Waals surface area (Å²) in [5.74, 6) is 0.128. The summed E-state index contributed by atoms with van der Waals surface area (Å²) in [7, 11) is 1.55. The van der Waals surface area contributed by atoms with Crippen molar-refractivity contribution in [3.63, 3.8) is 0 Å². The number of urea groups is 1. The van der Waals surface area contributed by atoms with Crippen LogP contribution in [0.25, 0.3) is 0 Å². The van der Waals surface area contributed by atoms with Crippen molar-refractivity contribution in [1.82, 2.24) is 20.9 Å². The topological polar surface area (TPSA) is 85.8 Å². The fraction of sp³-hybridized carbons (Fsp3) is 0.769. The second kappa shape index (κ2) is 8.06. The molecule has 23 heavy (non-hydrogen) atoms. The van der Waals surface area contributed by atoms with E-state index in [4.69, 9.17) is 0 Å². The Morgan fingerprint density at radius 3 is 2.48 bits per heavy atom. The average Bonchev–Trinajstić information content (AvgIpc) is 2.74. The van der Waals surface area contributed by atoms with Gasteiger partial charge in [0.15, 0.2) is 5.96 Å². The molecule has 0 saturated carbocycles. The molecule has 2 heterocycles. The number of halogens is 3. The van der Waals surface area contributed by atoms with Crippen molar-refractivity contribution in [2.75, 3.05) is 26.7 Å². The normalized spacial score (nSPS) is 26.0. The van der Waals surface area contributed by atoms with Crippen molar-refractivity contribution < 1.29 is 18.4 Å². The number of nitrogens with one attached hydrogen (secondary N) is 3. The summed E-state index contributed by atoms with van der Waals surface area (Å²) in [4.78, 5) is 29.1. The van der Waals surface area contributed by atoms with E-state index in [0.29, 0.717) is 31.9 Å². The molecule has 0 aliphatic carbocycles. The summed E-state index contributed by atoms with van der Waals surface area (Å²) in [5, 5.41) is 7.57. The number of nitrogens with zero attached hydrogens (tertiary/aromatic N) is 2. The van der Waals surface area contributed by atoms with Gasteiger partial charge in [0.25, 0.3) is 12.3 Å². The Bertz CT molecular complexity index is 483. The lowest BCUT2D eigenvalue weighted by molar-refractivity contribution is -0.125. The Kier molecular flexibility index (Phi) is 6.96. The van der Waals surface area contributed by atoms with Gasteiger partial charge in [0, 0.05) is 20.1 Å². The van der Waals surface area contributed by atoms with Crippen molar-refractivity contribution in [2.45, 2.75) is 31.7 Å². The molecule has 0 spiro atoms. The van der Waals surface area contributed by atoms with Crippen LogP contribution in [0, 0.1) is 5.92 Å². The number of alkyl halides is 2. The maximum Gasteiger partial charge on any atom is 0.322 e. The van der Waals surface area contributed by atoms with E-state index in [0.717, 1.165) is 0 Å². The van der Waals surface area contributed by atoms with Crippen LogP contribution < -0.4 is 16.0 Å². The number of hydrogen-bond acceptors (Lipinski definition) is 3. The molecule has 1 atom stereocenters. The number of carbonyl (C=O) groups excluding carboxylic acids is 2. The fourth-order valence-corrected chi connectivity index (χ4v) is 3.01. The zero-order chi connectivity index (χ0) is 16.3. The Morgan fingerprint density at radius 1 is 1.43 bits per heavy atom. The predicted molar refractivity (Wildman–Crippen MR) is 92.2 cm³/mol. The third-order valence-electron chi connectivity index (χ3n) is 4.31. The highest BCUT2D eigenvalue weighted by Gasteiger charge is 2.48. The van der Waals surface area contributed by atoms with E-state index in [1.54, 1.807) is 14.0 Å². The van der Waals surface area contributed by atoms with Crippen LogP contribution in [-0.2, 0) is 4.79 Å². The zero-order valence-electron chi connectivity index (χ0n) is 13.1. The molecule has 3 amide bonds. The molecular formula is C13H22F2IN5O2. The van der Waals surface area contributed by atoms with Gasteiger partial charge in [-0.1, -0.05) is 0 Å². The molecule has 2 fully saturated rings. The van der Waals surface area contributed by atoms with Gasteiger partial charge >= 0.3 is 6.03 Å². The minimum Gasteiger partial charge on any atom is -0.351 e. The number of rotatable bonds is 3. The lowest BCUT2D eigenvalue weighted by atomic mass is 9.79. The van der Waals surface area contributed by atoms with Gasteiger partial charge in [-0.05, 0) is 25.7 Å². The Labute approximate surface area is 150 Å². The Morgan fingerprint density at radius 2 is 2.04 bits per heavy atom. The monoisotopic (exact) mass is 445 g/mol. The molecule has 132 valence electrons. The van der Waals surface area contributed by atoms with E-state index in [-0.39, 0.29) is 35.8 Å². The summed E-state index contributed by atoms with van der Waals surface area (Å²) in [5.41, 5.74) is -0.900. The lowest BCUT2D eigenvalue weighted by Crippen LogP contribution is -2.55. The molecule has 2 aliphatic rings. The second-order valence-electron chi connectivity index (χ2n) is 5.69. The molecule has 0 aromatic heterocycles. The molecule has 10 heteroatoms. The predicted octanol–water partition coefficient (Wildman–Crippen LogP) is 0.755. The van der Waals surface area contributed by atoms with E-state index >= 15 is 0 Å². The SMILES string of the molecule is CN=C(NCC(F)F)N1CCC(C2(C)NC(=O)NC2=O)CC1.I. The van der Waals surface area contributed by atoms with E-state index in [1.807, 2.05) is 4.90 Å². The first-order chi connectivity index (χ1) is 10.4. The summed E-state index contributed by atoms with van der Waals surface area (Å²) >= 11 is 0. The number of guanidine groups is 1. The van der Waals surface area contributed by atoms with Gasteiger partial charge in [-0.15, -0.1) is 24.0 Å². The third-order valence-corrected chi connectivity index (χ3v) is 4.31. The first kappa shape index (κ1) is 19.8. The van der Waals surface area contributed by atoms with Gasteiger partial charge in [-0.2, -0.15) is 0 Å². The number of piperidine rings is 1. The highest BCUT2D eigenvalue weighted by molar-refractivity contribution is 14.0. The average molecular weight is 445 g/mol. The van der Waals surface area contributed by atoms with Gasteiger partial charge in [0.1, 0.15) is 5.54 Å². The minimum absolute atomic E-state index is 0. The molecule has 0 bridgehead atoms. The van der Waals surface area contributed by atoms with Crippen LogP contribution in [0.5, 0.6) is 0 Å². The molecule has 7 nitrogen and oxygen atoms in total. The highest BCUT2D eigenvalue weighted by Crippen LogP contribution is 2.30. The number of amides is 3. The molecule has 2 rings (SSSR count). The Balaban J connectivity index is 0.00000264. The van der Waals surface area contributed by atoms with E-state index in [1.165, 1.54) is 0 Å². The standard InChI is InChI=1S/C13H21F2N5O2.HI/c1-13(10(21)18-12(22)19-13)8-3-5-20(6-4-8)11(16-2)17-7-9(14)15;/h8-9H,3-7H2,1-2H3,(H,16,17)(H2,18,19,21,22);1H. The van der Waals surface area contributed by atoms with Crippen molar-refractivity contribution in [3.05, 3.63) is 0 Å². The number of imide groups is 1. The summed E-state index contributed by atoms with van der Waals surface area (Å²) < 4.78 is 24.5. The van der Waals surface area contributed by atoms with Gasteiger partial charge < -0.3 is 15.5 Å². The summed E-state index contributed by atoms with van der Waals surface area (Å²) in [6, 6.07) is -0.468. The van der Waals surface area contributed by atoms with E-state index in [9.17, 15) is 18.4 Å². The van der Waals surface area contributed by atoms with Crippen molar-refractivity contribution >= 4 is 41.9 Å². The molecule has 0 aromatic rings. The zero-order valence-corrected chi connectivity index (χ0v) is 15.4. The molecule has 3 N–H and O–H groups in total. The number of hydrogen-bond donors (Lipinski definition) is 3. The lowest BCUT2D eigenvalue weighted by Gasteiger charge is -2.39. The van der Waals surface area contributed by atoms with Crippen LogP contribution in [0.4, 0.5) is 13.6 Å². The third kappa shape index (κ3) is 4.42. The highest BCUT2D eigenvalue weighted by atomic mass is 127. The minimum atomic E-state index is -2.44. The van der Waals surface area contributed by atoms with Crippen LogP contribution in [0.3, 0.4) is 0 Å². The molecule has 1 unspecified atom stereocenters. The van der Waals surface area contributed by atoms with Crippen LogP contribution in [0.1, 0.15) is 19.8 Å². The maximum absolute atomic E-state index is 12.3. The van der Waals surface area contributed by atoms with Crippen LogP contribution >= 0.6 is 24.0 Å². The van der Waals surface area contributed by atoms with Crippen molar-refractivity contribution in [1.29, 1.82) is 0 Å². The largest absolute Gasteiger partial charge is 0.351 e. The van der Waals surface area contributed by atoms with Crippen molar-refractivity contribution in [2.24, 2.45) is 10.9 Å². The molecule has 2 saturated heterocycles. The van der Waals surface area contributed by atoms with Crippen LogP contribution in [0.15, 0.2) is 4.99 Å². The molecule has 0 radical (unpaired) electrons. The molecular weight excluding hydrogens is 423 g/mol. The smallest absolute Gasteiger partial charge is 0.322 e. The van der Waals surface area contributed by atoms with Crippen LogP contribution in [0.2, 0.25) is 0 Å².